The van der Waals surface area contributed by atoms with E-state index >= 15 is 0 Å². The second-order valence-corrected chi connectivity index (χ2v) is 6.58. The molecule has 0 amide bonds. The minimum absolute atomic E-state index is 0.808. The monoisotopic (exact) mass is 252 g/mol. The van der Waals surface area contributed by atoms with E-state index < -0.39 is 0 Å². The van der Waals surface area contributed by atoms with E-state index in [1.54, 1.807) is 0 Å². The molecule has 0 aromatic carbocycles. The molecule has 106 valence electrons. The van der Waals surface area contributed by atoms with Crippen molar-refractivity contribution in [3.8, 4) is 0 Å². The van der Waals surface area contributed by atoms with E-state index in [9.17, 15) is 0 Å². The normalized spacial score (nSPS) is 31.7. The van der Waals surface area contributed by atoms with Gasteiger partial charge in [0.15, 0.2) is 0 Å². The van der Waals surface area contributed by atoms with Crippen LogP contribution in [-0.4, -0.2) is 37.1 Å². The molecule has 3 atom stereocenters. The van der Waals surface area contributed by atoms with Gasteiger partial charge < -0.3 is 10.2 Å². The Morgan fingerprint density at radius 1 is 1.11 bits per heavy atom. The van der Waals surface area contributed by atoms with Crippen LogP contribution in [0.5, 0.6) is 0 Å². The van der Waals surface area contributed by atoms with Gasteiger partial charge >= 0.3 is 0 Å². The first-order chi connectivity index (χ1) is 8.79. The summed E-state index contributed by atoms with van der Waals surface area (Å²) in [7, 11) is 0. The maximum absolute atomic E-state index is 3.87. The molecule has 2 aliphatic rings. The number of nitrogens with zero attached hydrogens (tertiary/aromatic N) is 1. The fourth-order valence-corrected chi connectivity index (χ4v) is 3.79. The highest BCUT2D eigenvalue weighted by Gasteiger charge is 2.23. The summed E-state index contributed by atoms with van der Waals surface area (Å²) in [6.07, 6.45) is 9.96. The maximum Gasteiger partial charge on any atom is 0.00953 e. The number of hydrogen-bond acceptors (Lipinski definition) is 2. The zero-order chi connectivity index (χ0) is 12.8. The number of rotatable bonds is 6. The molecule has 3 unspecified atom stereocenters. The van der Waals surface area contributed by atoms with Crippen LogP contribution in [0.15, 0.2) is 0 Å². The van der Waals surface area contributed by atoms with Gasteiger partial charge in [-0.05, 0) is 57.2 Å². The van der Waals surface area contributed by atoms with Crippen LogP contribution in [0.25, 0.3) is 0 Å². The molecule has 0 spiro atoms. The van der Waals surface area contributed by atoms with Crippen molar-refractivity contribution in [2.24, 2.45) is 11.8 Å². The fraction of sp³-hybridized carbons (Fsp3) is 1.00. The Morgan fingerprint density at radius 2 is 1.83 bits per heavy atom. The average Bonchev–Trinajstić information content (AvgIpc) is 2.89. The summed E-state index contributed by atoms with van der Waals surface area (Å²) in [6.45, 7) is 9.97. The number of likely N-dealkylation sites (tertiary alicyclic amines) is 1. The van der Waals surface area contributed by atoms with Gasteiger partial charge in [0.05, 0.1) is 0 Å². The third-order valence-electron chi connectivity index (χ3n) is 4.93. The van der Waals surface area contributed by atoms with Gasteiger partial charge in [0, 0.05) is 12.6 Å². The van der Waals surface area contributed by atoms with Crippen LogP contribution in [0.2, 0.25) is 0 Å². The second-order valence-electron chi connectivity index (χ2n) is 6.58. The molecule has 0 aromatic heterocycles. The van der Waals surface area contributed by atoms with Crippen molar-refractivity contribution in [2.45, 2.75) is 64.8 Å². The van der Waals surface area contributed by atoms with E-state index in [0.717, 1.165) is 17.9 Å². The Morgan fingerprint density at radius 3 is 2.56 bits per heavy atom. The van der Waals surface area contributed by atoms with Crippen LogP contribution in [-0.2, 0) is 0 Å². The molecule has 2 nitrogen and oxygen atoms in total. The molecule has 18 heavy (non-hydrogen) atoms. The molecule has 1 saturated heterocycles. The standard InChI is InChI=1S/C16H32N2/c1-3-15-8-4-5-9-16(15)17-12-14(2)13-18-10-6-7-11-18/h14-17H,3-13H2,1-2H3. The molecule has 0 bridgehead atoms. The molecule has 1 saturated carbocycles. The molecule has 1 heterocycles. The molecule has 0 radical (unpaired) electrons. The topological polar surface area (TPSA) is 15.3 Å². The van der Waals surface area contributed by atoms with Crippen molar-refractivity contribution in [3.63, 3.8) is 0 Å². The Hall–Kier alpha value is -0.0800. The Bertz CT molecular complexity index is 223. The van der Waals surface area contributed by atoms with Gasteiger partial charge in [0.25, 0.3) is 0 Å². The van der Waals surface area contributed by atoms with Gasteiger partial charge in [0.2, 0.25) is 0 Å². The lowest BCUT2D eigenvalue weighted by molar-refractivity contribution is 0.229. The SMILES string of the molecule is CCC1CCCCC1NCC(C)CN1CCCC1. The third kappa shape index (κ3) is 4.24. The summed E-state index contributed by atoms with van der Waals surface area (Å²) in [4.78, 5) is 2.64. The van der Waals surface area contributed by atoms with Crippen molar-refractivity contribution in [3.05, 3.63) is 0 Å². The zero-order valence-corrected chi connectivity index (χ0v) is 12.5. The minimum atomic E-state index is 0.808. The lowest BCUT2D eigenvalue weighted by atomic mass is 9.83. The summed E-state index contributed by atoms with van der Waals surface area (Å²) >= 11 is 0. The highest BCUT2D eigenvalue weighted by atomic mass is 15.1. The molecule has 2 heteroatoms. The lowest BCUT2D eigenvalue weighted by Gasteiger charge is -2.33. The minimum Gasteiger partial charge on any atom is -0.313 e. The first-order valence-corrected chi connectivity index (χ1v) is 8.25. The molecule has 1 aliphatic carbocycles. The van der Waals surface area contributed by atoms with Crippen molar-refractivity contribution < 1.29 is 0 Å². The Labute approximate surface area is 114 Å². The van der Waals surface area contributed by atoms with Crippen molar-refractivity contribution in [1.29, 1.82) is 0 Å². The van der Waals surface area contributed by atoms with Gasteiger partial charge in [-0.1, -0.05) is 33.1 Å². The summed E-state index contributed by atoms with van der Waals surface area (Å²) in [6, 6.07) is 0.810. The largest absolute Gasteiger partial charge is 0.313 e. The predicted molar refractivity (Wildman–Crippen MR) is 78.9 cm³/mol. The Kier molecular flexibility index (Phi) is 5.97. The van der Waals surface area contributed by atoms with E-state index in [2.05, 4.69) is 24.1 Å². The molecule has 0 aromatic rings. The quantitative estimate of drug-likeness (QED) is 0.780. The molecule has 1 N–H and O–H groups in total. The average molecular weight is 252 g/mol. The van der Waals surface area contributed by atoms with Crippen LogP contribution >= 0.6 is 0 Å². The van der Waals surface area contributed by atoms with Gasteiger partial charge in [-0.25, -0.2) is 0 Å². The summed E-state index contributed by atoms with van der Waals surface area (Å²) in [5.41, 5.74) is 0. The summed E-state index contributed by atoms with van der Waals surface area (Å²) in [5, 5.41) is 3.87. The lowest BCUT2D eigenvalue weighted by Crippen LogP contribution is -2.42. The molecular weight excluding hydrogens is 220 g/mol. The van der Waals surface area contributed by atoms with Gasteiger partial charge in [-0.3, -0.25) is 0 Å². The van der Waals surface area contributed by atoms with Crippen molar-refractivity contribution in [2.75, 3.05) is 26.2 Å². The van der Waals surface area contributed by atoms with E-state index in [0.29, 0.717) is 0 Å². The van der Waals surface area contributed by atoms with Crippen LogP contribution in [0, 0.1) is 11.8 Å². The van der Waals surface area contributed by atoms with Gasteiger partial charge in [0.1, 0.15) is 0 Å². The van der Waals surface area contributed by atoms with Crippen molar-refractivity contribution in [1.82, 2.24) is 10.2 Å². The van der Waals surface area contributed by atoms with Crippen LogP contribution in [0.4, 0.5) is 0 Å². The summed E-state index contributed by atoms with van der Waals surface area (Å²) < 4.78 is 0. The van der Waals surface area contributed by atoms with E-state index in [-0.39, 0.29) is 0 Å². The van der Waals surface area contributed by atoms with Gasteiger partial charge in [-0.2, -0.15) is 0 Å². The van der Waals surface area contributed by atoms with E-state index in [4.69, 9.17) is 0 Å². The number of nitrogens with one attached hydrogen (secondary N) is 1. The molecule has 1 aliphatic heterocycles. The maximum atomic E-state index is 3.87. The van der Waals surface area contributed by atoms with Crippen LogP contribution in [0.1, 0.15) is 58.8 Å². The second kappa shape index (κ2) is 7.49. The highest BCUT2D eigenvalue weighted by Crippen LogP contribution is 2.26. The van der Waals surface area contributed by atoms with Crippen LogP contribution in [0.3, 0.4) is 0 Å². The first-order valence-electron chi connectivity index (χ1n) is 8.25. The fourth-order valence-electron chi connectivity index (χ4n) is 3.79. The zero-order valence-electron chi connectivity index (χ0n) is 12.5. The first kappa shape index (κ1) is 14.3. The number of hydrogen-bond donors (Lipinski definition) is 1. The van der Waals surface area contributed by atoms with Gasteiger partial charge in [-0.15, -0.1) is 0 Å². The molecular formula is C16H32N2. The van der Waals surface area contributed by atoms with E-state index in [1.807, 2.05) is 0 Å². The predicted octanol–water partition coefficient (Wildman–Crippen LogP) is 3.28. The highest BCUT2D eigenvalue weighted by molar-refractivity contribution is 4.81. The molecule has 2 rings (SSSR count). The third-order valence-corrected chi connectivity index (χ3v) is 4.93. The van der Waals surface area contributed by atoms with Crippen molar-refractivity contribution >= 4 is 0 Å². The summed E-state index contributed by atoms with van der Waals surface area (Å²) in [5.74, 6) is 1.75. The smallest absolute Gasteiger partial charge is 0.00953 e. The van der Waals surface area contributed by atoms with Crippen LogP contribution < -0.4 is 5.32 Å². The molecule has 2 fully saturated rings. The Balaban J connectivity index is 1.65. The van der Waals surface area contributed by atoms with E-state index in [1.165, 1.54) is 71.1 Å².